The Kier molecular flexibility index (Phi) is 4.47. The first-order valence-corrected chi connectivity index (χ1v) is 8.29. The maximum atomic E-state index is 12.6. The van der Waals surface area contributed by atoms with E-state index in [1.54, 1.807) is 0 Å². The van der Waals surface area contributed by atoms with Gasteiger partial charge in [-0.15, -0.1) is 0 Å². The number of benzene rings is 1. The lowest BCUT2D eigenvalue weighted by Crippen LogP contribution is -2.39. The van der Waals surface area contributed by atoms with Gasteiger partial charge in [0.05, 0.1) is 0 Å². The van der Waals surface area contributed by atoms with Gasteiger partial charge in [-0.3, -0.25) is 4.79 Å². The summed E-state index contributed by atoms with van der Waals surface area (Å²) in [4.78, 5) is 29.3. The molecule has 1 atom stereocenters. The molecule has 124 valence electrons. The summed E-state index contributed by atoms with van der Waals surface area (Å²) in [5.74, 6) is 0.157. The Morgan fingerprint density at radius 2 is 1.96 bits per heavy atom. The van der Waals surface area contributed by atoms with Crippen LogP contribution in [0.4, 0.5) is 0 Å². The van der Waals surface area contributed by atoms with E-state index in [2.05, 4.69) is 4.99 Å². The van der Waals surface area contributed by atoms with E-state index in [0.29, 0.717) is 25.2 Å². The topological polar surface area (TPSA) is 55.7 Å². The maximum Gasteiger partial charge on any atom is 0.341 e. The zero-order valence-corrected chi connectivity index (χ0v) is 14.0. The van der Waals surface area contributed by atoms with Gasteiger partial charge in [-0.25, -0.2) is 9.79 Å². The highest BCUT2D eigenvalue weighted by Crippen LogP contribution is 2.36. The van der Waals surface area contributed by atoms with Gasteiger partial charge < -0.3 is 4.74 Å². The largest absolute Gasteiger partial charge is 0.405 e. The second kappa shape index (κ2) is 6.56. The van der Waals surface area contributed by atoms with Crippen LogP contribution in [0.2, 0.25) is 0 Å². The Bertz CT molecular complexity index is 743. The lowest BCUT2D eigenvalue weighted by atomic mass is 9.81. The molecule has 0 spiro atoms. The van der Waals surface area contributed by atoms with Gasteiger partial charge in [0.15, 0.2) is 11.3 Å². The van der Waals surface area contributed by atoms with Crippen LogP contribution in [0.15, 0.2) is 59.1 Å². The highest BCUT2D eigenvalue weighted by Gasteiger charge is 2.48. The fraction of sp³-hybridized carbons (Fsp3) is 0.350. The summed E-state index contributed by atoms with van der Waals surface area (Å²) in [7, 11) is 0. The smallest absolute Gasteiger partial charge is 0.341 e. The zero-order valence-electron chi connectivity index (χ0n) is 14.0. The highest BCUT2D eigenvalue weighted by atomic mass is 16.6. The first-order valence-electron chi connectivity index (χ1n) is 8.29. The standard InChI is InChI=1S/C20H21NO3/c1-14(2)20(13-12-15-8-6-7-11-17(15)22)19(23)24-18(21-20)16-9-4-3-5-10-16/h3-10,14H,11-13H2,1-2H3. The third-order valence-electron chi connectivity index (χ3n) is 4.69. The molecule has 2 aliphatic rings. The van der Waals surface area contributed by atoms with Crippen molar-refractivity contribution >= 4 is 17.7 Å². The van der Waals surface area contributed by atoms with Crippen molar-refractivity contribution in [3.63, 3.8) is 0 Å². The van der Waals surface area contributed by atoms with Crippen LogP contribution in [-0.2, 0) is 14.3 Å². The highest BCUT2D eigenvalue weighted by molar-refractivity contribution is 6.08. The third-order valence-corrected chi connectivity index (χ3v) is 4.69. The van der Waals surface area contributed by atoms with Crippen LogP contribution in [-0.4, -0.2) is 23.2 Å². The summed E-state index contributed by atoms with van der Waals surface area (Å²) in [5.41, 5.74) is 0.631. The van der Waals surface area contributed by atoms with Gasteiger partial charge in [-0.2, -0.15) is 0 Å². The van der Waals surface area contributed by atoms with Crippen molar-refractivity contribution in [2.24, 2.45) is 10.9 Å². The number of cyclic esters (lactones) is 1. The zero-order chi connectivity index (χ0) is 17.2. The molecule has 0 saturated carbocycles. The minimum absolute atomic E-state index is 0.0129. The quantitative estimate of drug-likeness (QED) is 0.778. The second-order valence-electron chi connectivity index (χ2n) is 6.50. The Labute approximate surface area is 141 Å². The Hall–Kier alpha value is -2.49. The van der Waals surface area contributed by atoms with Crippen molar-refractivity contribution in [3.8, 4) is 0 Å². The molecule has 0 bridgehead atoms. The van der Waals surface area contributed by atoms with Crippen LogP contribution < -0.4 is 0 Å². The summed E-state index contributed by atoms with van der Waals surface area (Å²) >= 11 is 0. The number of rotatable bonds is 5. The number of hydrogen-bond donors (Lipinski definition) is 0. The number of ether oxygens (including phenoxy) is 1. The van der Waals surface area contributed by atoms with Crippen LogP contribution in [0.5, 0.6) is 0 Å². The molecule has 1 unspecified atom stereocenters. The van der Waals surface area contributed by atoms with E-state index in [9.17, 15) is 9.59 Å². The molecule has 0 radical (unpaired) electrons. The van der Waals surface area contributed by atoms with Gasteiger partial charge in [0.2, 0.25) is 5.90 Å². The van der Waals surface area contributed by atoms with Crippen molar-refractivity contribution in [1.82, 2.24) is 0 Å². The van der Waals surface area contributed by atoms with Gasteiger partial charge in [-0.05, 0) is 36.5 Å². The third kappa shape index (κ3) is 2.96. The number of Topliss-reactive ketones (excluding diaryl/α,β-unsaturated/α-hetero) is 1. The maximum absolute atomic E-state index is 12.6. The monoisotopic (exact) mass is 323 g/mol. The molecule has 24 heavy (non-hydrogen) atoms. The van der Waals surface area contributed by atoms with Gasteiger partial charge in [-0.1, -0.05) is 50.3 Å². The molecule has 0 N–H and O–H groups in total. The van der Waals surface area contributed by atoms with Gasteiger partial charge in [0.1, 0.15) is 0 Å². The predicted octanol–water partition coefficient (Wildman–Crippen LogP) is 3.62. The van der Waals surface area contributed by atoms with Crippen molar-refractivity contribution in [2.75, 3.05) is 0 Å². The van der Waals surface area contributed by atoms with E-state index in [0.717, 1.165) is 11.1 Å². The van der Waals surface area contributed by atoms with Crippen molar-refractivity contribution in [3.05, 3.63) is 59.7 Å². The number of allylic oxidation sites excluding steroid dienone is 4. The van der Waals surface area contributed by atoms with Crippen LogP contribution in [0, 0.1) is 5.92 Å². The Morgan fingerprint density at radius 3 is 2.62 bits per heavy atom. The van der Waals surface area contributed by atoms with Crippen molar-refractivity contribution < 1.29 is 14.3 Å². The fourth-order valence-electron chi connectivity index (χ4n) is 3.07. The van der Waals surface area contributed by atoms with Gasteiger partial charge in [0, 0.05) is 12.0 Å². The van der Waals surface area contributed by atoms with Crippen LogP contribution in [0.25, 0.3) is 0 Å². The number of hydrogen-bond acceptors (Lipinski definition) is 4. The lowest BCUT2D eigenvalue weighted by molar-refractivity contribution is -0.140. The van der Waals surface area contributed by atoms with Crippen molar-refractivity contribution in [1.29, 1.82) is 0 Å². The van der Waals surface area contributed by atoms with E-state index in [-0.39, 0.29) is 17.7 Å². The number of nitrogens with zero attached hydrogens (tertiary/aromatic N) is 1. The molecule has 1 aromatic carbocycles. The van der Waals surface area contributed by atoms with Gasteiger partial charge >= 0.3 is 5.97 Å². The van der Waals surface area contributed by atoms with E-state index < -0.39 is 5.54 Å². The normalized spacial score (nSPS) is 23.3. The number of aliphatic imine (C=N–C) groups is 1. The molecule has 1 aromatic rings. The number of esters is 1. The molecular formula is C20H21NO3. The van der Waals surface area contributed by atoms with Crippen LogP contribution in [0.1, 0.15) is 38.7 Å². The first-order chi connectivity index (χ1) is 11.5. The Morgan fingerprint density at radius 1 is 1.21 bits per heavy atom. The minimum Gasteiger partial charge on any atom is -0.405 e. The first kappa shape index (κ1) is 16.4. The molecule has 4 heteroatoms. The fourth-order valence-corrected chi connectivity index (χ4v) is 3.07. The summed E-state index contributed by atoms with van der Waals surface area (Å²) in [6, 6.07) is 9.43. The molecule has 0 saturated heterocycles. The summed E-state index contributed by atoms with van der Waals surface area (Å²) in [5, 5.41) is 0. The summed E-state index contributed by atoms with van der Waals surface area (Å²) in [6.45, 7) is 3.94. The molecule has 3 rings (SSSR count). The predicted molar refractivity (Wildman–Crippen MR) is 92.7 cm³/mol. The van der Waals surface area contributed by atoms with Crippen LogP contribution in [0.3, 0.4) is 0 Å². The molecule has 1 heterocycles. The summed E-state index contributed by atoms with van der Waals surface area (Å²) in [6.07, 6.45) is 7.02. The lowest BCUT2D eigenvalue weighted by Gasteiger charge is -2.26. The molecule has 0 amide bonds. The average molecular weight is 323 g/mol. The van der Waals surface area contributed by atoms with Crippen molar-refractivity contribution in [2.45, 2.75) is 38.6 Å². The molecule has 4 nitrogen and oxygen atoms in total. The number of ketones is 1. The van der Waals surface area contributed by atoms with E-state index >= 15 is 0 Å². The number of carbonyl (C=O) groups excluding carboxylic acids is 2. The minimum atomic E-state index is -0.923. The molecule has 0 fully saturated rings. The van der Waals surface area contributed by atoms with E-state index in [1.165, 1.54) is 0 Å². The average Bonchev–Trinajstić information content (AvgIpc) is 2.93. The molecule has 1 aliphatic carbocycles. The van der Waals surface area contributed by atoms with Crippen LogP contribution >= 0.6 is 0 Å². The van der Waals surface area contributed by atoms with E-state index in [1.807, 2.05) is 62.4 Å². The molecule has 1 aliphatic heterocycles. The molecular weight excluding hydrogens is 302 g/mol. The number of carbonyl (C=O) groups is 2. The Balaban J connectivity index is 1.87. The summed E-state index contributed by atoms with van der Waals surface area (Å²) < 4.78 is 5.48. The second-order valence-corrected chi connectivity index (χ2v) is 6.50. The SMILES string of the molecule is CC(C)C1(CCC2=CC=CCC2=O)N=C(c2ccccc2)OC1=O. The van der Waals surface area contributed by atoms with E-state index in [4.69, 9.17) is 4.74 Å². The van der Waals surface area contributed by atoms with Gasteiger partial charge in [0.25, 0.3) is 0 Å². The molecule has 0 aromatic heterocycles.